The van der Waals surface area contributed by atoms with Crippen LogP contribution in [-0.4, -0.2) is 29.6 Å². The predicted molar refractivity (Wildman–Crippen MR) is 114 cm³/mol. The predicted octanol–water partition coefficient (Wildman–Crippen LogP) is 4.36. The summed E-state index contributed by atoms with van der Waals surface area (Å²) in [6.07, 6.45) is 1.59. The van der Waals surface area contributed by atoms with E-state index in [4.69, 9.17) is 0 Å². The Balaban J connectivity index is 1.79. The molecule has 0 aliphatic carbocycles. The Morgan fingerprint density at radius 1 is 0.828 bits per heavy atom. The van der Waals surface area contributed by atoms with Gasteiger partial charge in [0.05, 0.1) is 11.9 Å². The molecule has 0 amide bonds. The molecule has 1 aromatic heterocycles. The highest BCUT2D eigenvalue weighted by Gasteiger charge is 2.28. The highest BCUT2D eigenvalue weighted by atomic mass is 32.2. The molecule has 0 aliphatic heterocycles. The van der Waals surface area contributed by atoms with Gasteiger partial charge in [0.25, 0.3) is 0 Å². The van der Waals surface area contributed by atoms with Gasteiger partial charge >= 0.3 is 0 Å². The highest BCUT2D eigenvalue weighted by molar-refractivity contribution is 7.89. The van der Waals surface area contributed by atoms with Crippen LogP contribution >= 0.6 is 0 Å². The van der Waals surface area contributed by atoms with Gasteiger partial charge in [-0.25, -0.2) is 13.1 Å². The van der Waals surface area contributed by atoms with Crippen molar-refractivity contribution in [3.8, 4) is 16.9 Å². The molecule has 0 saturated carbocycles. The summed E-state index contributed by atoms with van der Waals surface area (Å²) in [6, 6.07) is 28.4. The molecule has 0 fully saturated rings. The summed E-state index contributed by atoms with van der Waals surface area (Å²) in [4.78, 5) is 0.186. The van der Waals surface area contributed by atoms with Crippen molar-refractivity contribution in [2.75, 3.05) is 7.05 Å². The maximum atomic E-state index is 13.4. The molecule has 4 rings (SSSR count). The number of sulfonamides is 1. The van der Waals surface area contributed by atoms with Gasteiger partial charge < -0.3 is 0 Å². The van der Waals surface area contributed by atoms with Gasteiger partial charge in [0, 0.05) is 19.2 Å². The lowest BCUT2D eigenvalue weighted by atomic mass is 10.2. The fourth-order valence-corrected chi connectivity index (χ4v) is 4.44. The van der Waals surface area contributed by atoms with Gasteiger partial charge in [0.1, 0.15) is 10.6 Å². The molecule has 0 bridgehead atoms. The largest absolute Gasteiger partial charge is 0.246 e. The first-order chi connectivity index (χ1) is 14.1. The van der Waals surface area contributed by atoms with E-state index in [2.05, 4.69) is 5.10 Å². The molecular formula is C23H21N3O2S. The van der Waals surface area contributed by atoms with Crippen LogP contribution in [0.5, 0.6) is 0 Å². The second-order valence-corrected chi connectivity index (χ2v) is 8.75. The SMILES string of the molecule is CN(Cc1ccccc1)S(=O)(=O)c1cn(-c2ccccc2)nc1-c1ccccc1. The lowest BCUT2D eigenvalue weighted by Gasteiger charge is -2.17. The maximum absolute atomic E-state index is 13.4. The van der Waals surface area contributed by atoms with Crippen molar-refractivity contribution < 1.29 is 8.42 Å². The average Bonchev–Trinajstić information content (AvgIpc) is 3.22. The summed E-state index contributed by atoms with van der Waals surface area (Å²) < 4.78 is 29.9. The van der Waals surface area contributed by atoms with Crippen LogP contribution in [0.1, 0.15) is 5.56 Å². The third-order valence-corrected chi connectivity index (χ3v) is 6.49. The van der Waals surface area contributed by atoms with Crippen molar-refractivity contribution in [3.05, 3.63) is 103 Å². The van der Waals surface area contributed by atoms with Gasteiger partial charge in [0.15, 0.2) is 0 Å². The minimum absolute atomic E-state index is 0.186. The van der Waals surface area contributed by atoms with Gasteiger partial charge in [-0.05, 0) is 17.7 Å². The molecule has 5 nitrogen and oxygen atoms in total. The smallest absolute Gasteiger partial charge is 0.239 e. The van der Waals surface area contributed by atoms with Crippen LogP contribution in [0.3, 0.4) is 0 Å². The Bertz CT molecular complexity index is 1190. The monoisotopic (exact) mass is 403 g/mol. The standard InChI is InChI=1S/C23H21N3O2S/c1-25(17-19-11-5-2-6-12-19)29(27,28)22-18-26(21-15-9-4-10-16-21)24-23(22)20-13-7-3-8-14-20/h2-16,18H,17H2,1H3. The van der Waals surface area contributed by atoms with Crippen LogP contribution in [0.15, 0.2) is 102 Å². The van der Waals surface area contributed by atoms with E-state index in [-0.39, 0.29) is 11.4 Å². The molecule has 1 heterocycles. The van der Waals surface area contributed by atoms with Gasteiger partial charge in [0.2, 0.25) is 10.0 Å². The third-order valence-electron chi connectivity index (χ3n) is 4.68. The molecule has 3 aromatic carbocycles. The first-order valence-electron chi connectivity index (χ1n) is 9.26. The van der Waals surface area contributed by atoms with Crippen LogP contribution in [-0.2, 0) is 16.6 Å². The van der Waals surface area contributed by atoms with Crippen molar-refractivity contribution in [2.24, 2.45) is 0 Å². The molecule has 0 unspecified atom stereocenters. The molecule has 0 radical (unpaired) electrons. The molecule has 4 aromatic rings. The van der Waals surface area contributed by atoms with E-state index < -0.39 is 10.0 Å². The summed E-state index contributed by atoms with van der Waals surface area (Å²) in [5.41, 5.74) is 2.93. The molecule has 6 heteroatoms. The molecule has 146 valence electrons. The van der Waals surface area contributed by atoms with Crippen LogP contribution < -0.4 is 0 Å². The van der Waals surface area contributed by atoms with Crippen molar-refractivity contribution >= 4 is 10.0 Å². The Morgan fingerprint density at radius 3 is 2.00 bits per heavy atom. The second-order valence-electron chi connectivity index (χ2n) is 6.73. The molecule has 0 aliphatic rings. The van der Waals surface area contributed by atoms with E-state index in [1.165, 1.54) is 4.31 Å². The van der Waals surface area contributed by atoms with E-state index in [1.54, 1.807) is 17.9 Å². The van der Waals surface area contributed by atoms with E-state index in [0.29, 0.717) is 5.69 Å². The summed E-state index contributed by atoms with van der Waals surface area (Å²) in [7, 11) is -2.16. The summed E-state index contributed by atoms with van der Waals surface area (Å²) in [6.45, 7) is 0.286. The Morgan fingerprint density at radius 2 is 1.38 bits per heavy atom. The van der Waals surface area contributed by atoms with Gasteiger partial charge in [-0.1, -0.05) is 78.9 Å². The number of aromatic nitrogens is 2. The summed E-state index contributed by atoms with van der Waals surface area (Å²) in [5.74, 6) is 0. The zero-order valence-corrected chi connectivity index (χ0v) is 16.8. The highest BCUT2D eigenvalue weighted by Crippen LogP contribution is 2.29. The summed E-state index contributed by atoms with van der Waals surface area (Å²) in [5, 5.41) is 4.62. The molecule has 0 spiro atoms. The van der Waals surface area contributed by atoms with E-state index in [0.717, 1.165) is 16.8 Å². The molecule has 29 heavy (non-hydrogen) atoms. The van der Waals surface area contributed by atoms with E-state index >= 15 is 0 Å². The second kappa shape index (κ2) is 8.03. The Labute approximate surface area is 170 Å². The first-order valence-corrected chi connectivity index (χ1v) is 10.7. The van der Waals surface area contributed by atoms with Gasteiger partial charge in [-0.3, -0.25) is 0 Å². The van der Waals surface area contributed by atoms with E-state index in [9.17, 15) is 8.42 Å². The summed E-state index contributed by atoms with van der Waals surface area (Å²) >= 11 is 0. The number of rotatable bonds is 6. The molecule has 0 saturated heterocycles. The zero-order valence-electron chi connectivity index (χ0n) is 16.0. The van der Waals surface area contributed by atoms with Crippen LogP contribution in [0.25, 0.3) is 16.9 Å². The van der Waals surface area contributed by atoms with Gasteiger partial charge in [-0.2, -0.15) is 9.40 Å². The first kappa shape index (κ1) is 19.1. The Kier molecular flexibility index (Phi) is 5.29. The Hall–Kier alpha value is -3.22. The lowest BCUT2D eigenvalue weighted by molar-refractivity contribution is 0.467. The average molecular weight is 404 g/mol. The number of hydrogen-bond donors (Lipinski definition) is 0. The van der Waals surface area contributed by atoms with Crippen molar-refractivity contribution in [3.63, 3.8) is 0 Å². The van der Waals surface area contributed by atoms with Crippen LogP contribution in [0.2, 0.25) is 0 Å². The number of nitrogens with zero attached hydrogens (tertiary/aromatic N) is 3. The van der Waals surface area contributed by atoms with Crippen molar-refractivity contribution in [1.29, 1.82) is 0 Å². The normalized spacial score (nSPS) is 11.7. The number of para-hydroxylation sites is 1. The van der Waals surface area contributed by atoms with Gasteiger partial charge in [-0.15, -0.1) is 0 Å². The third kappa shape index (κ3) is 3.99. The topological polar surface area (TPSA) is 55.2 Å². The van der Waals surface area contributed by atoms with Crippen LogP contribution in [0, 0.1) is 0 Å². The molecular weight excluding hydrogens is 382 g/mol. The number of hydrogen-bond acceptors (Lipinski definition) is 3. The lowest BCUT2D eigenvalue weighted by Crippen LogP contribution is -2.26. The quantitative estimate of drug-likeness (QED) is 0.481. The minimum Gasteiger partial charge on any atom is -0.239 e. The van der Waals surface area contributed by atoms with Crippen molar-refractivity contribution in [1.82, 2.24) is 14.1 Å². The van der Waals surface area contributed by atoms with Crippen molar-refractivity contribution in [2.45, 2.75) is 11.4 Å². The fraction of sp³-hybridized carbons (Fsp3) is 0.0870. The fourth-order valence-electron chi connectivity index (χ4n) is 3.15. The molecule has 0 N–H and O–H groups in total. The van der Waals surface area contributed by atoms with E-state index in [1.807, 2.05) is 91.0 Å². The molecule has 0 atom stereocenters. The number of benzene rings is 3. The van der Waals surface area contributed by atoms with Crippen LogP contribution in [0.4, 0.5) is 0 Å². The zero-order chi connectivity index (χ0) is 20.3. The minimum atomic E-state index is -3.75. The maximum Gasteiger partial charge on any atom is 0.246 e.